The van der Waals surface area contributed by atoms with Gasteiger partial charge >= 0.3 is 19.2 Å². The Kier molecular flexibility index (Phi) is 7.97. The molecule has 1 aliphatic heterocycles. The van der Waals surface area contributed by atoms with E-state index in [4.69, 9.17) is 18.8 Å². The van der Waals surface area contributed by atoms with Crippen molar-refractivity contribution in [3.63, 3.8) is 0 Å². The standard InChI is InChI=1S/C27H36BNO6/c1-25(2,3)17-16-22(30)33-23-20(28-34-26(4,5)27(6,7)35-28)14-11-15-21(23)29-24(31)32-18-19-12-9-8-10-13-19/h8-15H,16-18H2,1-7H3,(H,29,31). The third-order valence-corrected chi connectivity index (χ3v) is 6.30. The van der Waals surface area contributed by atoms with E-state index in [1.165, 1.54) is 0 Å². The average Bonchev–Trinajstić information content (AvgIpc) is 2.99. The lowest BCUT2D eigenvalue weighted by Crippen LogP contribution is -2.41. The third-order valence-electron chi connectivity index (χ3n) is 6.30. The topological polar surface area (TPSA) is 83.1 Å². The summed E-state index contributed by atoms with van der Waals surface area (Å²) >= 11 is 0. The number of hydrogen-bond acceptors (Lipinski definition) is 6. The molecule has 1 fully saturated rings. The van der Waals surface area contributed by atoms with Crippen LogP contribution in [-0.4, -0.2) is 30.4 Å². The van der Waals surface area contributed by atoms with Crippen molar-refractivity contribution in [1.82, 2.24) is 0 Å². The first kappa shape index (κ1) is 26.8. The average molecular weight is 481 g/mol. The highest BCUT2D eigenvalue weighted by atomic mass is 16.7. The Labute approximate surface area is 208 Å². The molecule has 188 valence electrons. The zero-order valence-corrected chi connectivity index (χ0v) is 21.8. The first-order valence-corrected chi connectivity index (χ1v) is 11.9. The van der Waals surface area contributed by atoms with Gasteiger partial charge < -0.3 is 18.8 Å². The minimum atomic E-state index is -0.771. The van der Waals surface area contributed by atoms with E-state index in [-0.39, 0.29) is 24.2 Å². The number of esters is 1. The molecule has 0 spiro atoms. The number of anilines is 1. The van der Waals surface area contributed by atoms with Crippen LogP contribution >= 0.6 is 0 Å². The lowest BCUT2D eigenvalue weighted by atomic mass is 9.78. The fourth-order valence-corrected chi connectivity index (χ4v) is 3.43. The van der Waals surface area contributed by atoms with Gasteiger partial charge in [0.2, 0.25) is 0 Å². The minimum Gasteiger partial charge on any atom is -0.444 e. The Morgan fingerprint density at radius 3 is 2.17 bits per heavy atom. The predicted molar refractivity (Wildman–Crippen MR) is 137 cm³/mol. The molecule has 1 amide bonds. The quantitative estimate of drug-likeness (QED) is 0.321. The number of carbonyl (C=O) groups is 2. The number of carbonyl (C=O) groups excluding carboxylic acids is 2. The number of hydrogen-bond donors (Lipinski definition) is 1. The molecule has 7 nitrogen and oxygen atoms in total. The first-order chi connectivity index (χ1) is 16.3. The van der Waals surface area contributed by atoms with Gasteiger partial charge in [-0.2, -0.15) is 0 Å². The zero-order valence-electron chi connectivity index (χ0n) is 21.8. The van der Waals surface area contributed by atoms with Crippen molar-refractivity contribution < 1.29 is 28.4 Å². The summed E-state index contributed by atoms with van der Waals surface area (Å²) in [5.74, 6) is -0.203. The third kappa shape index (κ3) is 7.09. The molecule has 8 heteroatoms. The van der Waals surface area contributed by atoms with Gasteiger partial charge in [-0.1, -0.05) is 63.2 Å². The highest BCUT2D eigenvalue weighted by Gasteiger charge is 2.52. The van der Waals surface area contributed by atoms with Crippen LogP contribution in [-0.2, 0) is 25.4 Å². The minimum absolute atomic E-state index is 0.0212. The summed E-state index contributed by atoms with van der Waals surface area (Å²) in [6.07, 6.45) is 0.234. The van der Waals surface area contributed by atoms with E-state index in [0.717, 1.165) is 5.56 Å². The maximum atomic E-state index is 12.8. The number of para-hydroxylation sites is 1. The molecule has 1 heterocycles. The Hall–Kier alpha value is -2.84. The number of rotatable bonds is 7. The molecule has 3 rings (SSSR count). The highest BCUT2D eigenvalue weighted by Crippen LogP contribution is 2.38. The lowest BCUT2D eigenvalue weighted by molar-refractivity contribution is -0.134. The van der Waals surface area contributed by atoms with E-state index in [1.807, 2.05) is 58.0 Å². The summed E-state index contributed by atoms with van der Waals surface area (Å²) in [6, 6.07) is 14.6. The van der Waals surface area contributed by atoms with E-state index in [1.54, 1.807) is 18.2 Å². The molecule has 2 aromatic carbocycles. The van der Waals surface area contributed by atoms with Crippen LogP contribution in [0.5, 0.6) is 5.75 Å². The molecule has 35 heavy (non-hydrogen) atoms. The van der Waals surface area contributed by atoms with Crippen molar-refractivity contribution >= 4 is 30.3 Å². The Bertz CT molecular complexity index is 1030. The van der Waals surface area contributed by atoms with Crippen molar-refractivity contribution in [1.29, 1.82) is 0 Å². The summed E-state index contributed by atoms with van der Waals surface area (Å²) in [6.45, 7) is 14.1. The van der Waals surface area contributed by atoms with Gasteiger partial charge in [0.1, 0.15) is 6.61 Å². The van der Waals surface area contributed by atoms with Gasteiger partial charge in [0, 0.05) is 11.9 Å². The lowest BCUT2D eigenvalue weighted by Gasteiger charge is -2.32. The van der Waals surface area contributed by atoms with Crippen LogP contribution in [0.25, 0.3) is 0 Å². The zero-order chi connectivity index (χ0) is 25.9. The molecular weight excluding hydrogens is 445 g/mol. The normalized spacial score (nSPS) is 16.6. The molecule has 0 aliphatic carbocycles. The molecule has 1 N–H and O–H groups in total. The van der Waals surface area contributed by atoms with E-state index in [9.17, 15) is 9.59 Å². The van der Waals surface area contributed by atoms with Crippen LogP contribution in [0.15, 0.2) is 48.5 Å². The molecule has 1 saturated heterocycles. The van der Waals surface area contributed by atoms with Gasteiger partial charge in [-0.15, -0.1) is 0 Å². The van der Waals surface area contributed by atoms with Gasteiger partial charge in [-0.3, -0.25) is 10.1 Å². The molecule has 2 aromatic rings. The monoisotopic (exact) mass is 481 g/mol. The Morgan fingerprint density at radius 2 is 1.57 bits per heavy atom. The van der Waals surface area contributed by atoms with Gasteiger partial charge in [0.25, 0.3) is 0 Å². The van der Waals surface area contributed by atoms with Crippen molar-refractivity contribution in [3.8, 4) is 5.75 Å². The van der Waals surface area contributed by atoms with Crippen LogP contribution in [0.1, 0.15) is 66.9 Å². The van der Waals surface area contributed by atoms with Crippen LogP contribution in [0, 0.1) is 5.41 Å². The molecule has 1 aliphatic rings. The Morgan fingerprint density at radius 1 is 0.943 bits per heavy atom. The van der Waals surface area contributed by atoms with Crippen molar-refractivity contribution in [2.24, 2.45) is 5.41 Å². The first-order valence-electron chi connectivity index (χ1n) is 11.9. The molecule has 0 saturated carbocycles. The molecule has 0 atom stereocenters. The smallest absolute Gasteiger partial charge is 0.444 e. The second kappa shape index (κ2) is 10.4. The van der Waals surface area contributed by atoms with Crippen LogP contribution in [0.4, 0.5) is 10.5 Å². The van der Waals surface area contributed by atoms with Gasteiger partial charge in [0.05, 0.1) is 16.9 Å². The summed E-state index contributed by atoms with van der Waals surface area (Å²) in [4.78, 5) is 25.4. The van der Waals surface area contributed by atoms with E-state index >= 15 is 0 Å². The van der Waals surface area contributed by atoms with Crippen LogP contribution < -0.4 is 15.5 Å². The number of benzene rings is 2. The van der Waals surface area contributed by atoms with Crippen molar-refractivity contribution in [2.45, 2.75) is 79.1 Å². The Balaban J connectivity index is 1.84. The molecule has 0 radical (unpaired) electrons. The summed E-state index contributed by atoms with van der Waals surface area (Å²) in [7, 11) is -0.771. The number of nitrogens with one attached hydrogen (secondary N) is 1. The summed E-state index contributed by atoms with van der Waals surface area (Å²) in [5.41, 5.74) is 0.509. The van der Waals surface area contributed by atoms with Gasteiger partial charge in [-0.05, 0) is 51.2 Å². The summed E-state index contributed by atoms with van der Waals surface area (Å²) in [5, 5.41) is 2.71. The maximum absolute atomic E-state index is 12.8. The fourth-order valence-electron chi connectivity index (χ4n) is 3.43. The van der Waals surface area contributed by atoms with Crippen molar-refractivity contribution in [2.75, 3.05) is 5.32 Å². The number of ether oxygens (including phenoxy) is 2. The van der Waals surface area contributed by atoms with E-state index in [0.29, 0.717) is 17.6 Å². The second-order valence-corrected chi connectivity index (χ2v) is 11.0. The largest absolute Gasteiger partial charge is 0.498 e. The van der Waals surface area contributed by atoms with Crippen LogP contribution in [0.3, 0.4) is 0 Å². The SMILES string of the molecule is CC(C)(C)CCC(=O)Oc1c(NC(=O)OCc2ccccc2)cccc1B1OC(C)(C)C(C)(C)O1. The van der Waals surface area contributed by atoms with Crippen molar-refractivity contribution in [3.05, 3.63) is 54.1 Å². The molecule has 0 bridgehead atoms. The van der Waals surface area contributed by atoms with Gasteiger partial charge in [0.15, 0.2) is 5.75 Å². The number of amides is 1. The summed E-state index contributed by atoms with van der Waals surface area (Å²) < 4.78 is 23.6. The second-order valence-electron chi connectivity index (χ2n) is 11.0. The molecule has 0 aromatic heterocycles. The van der Waals surface area contributed by atoms with E-state index < -0.39 is 30.4 Å². The molecule has 0 unspecified atom stereocenters. The highest BCUT2D eigenvalue weighted by molar-refractivity contribution is 6.63. The molecular formula is C27H36BNO6. The van der Waals surface area contributed by atoms with Crippen LogP contribution in [0.2, 0.25) is 0 Å². The predicted octanol–water partition coefficient (Wildman–Crippen LogP) is 5.47. The fraction of sp³-hybridized carbons (Fsp3) is 0.481. The van der Waals surface area contributed by atoms with Gasteiger partial charge in [-0.25, -0.2) is 4.79 Å². The maximum Gasteiger partial charge on any atom is 0.498 e. The van der Waals surface area contributed by atoms with E-state index in [2.05, 4.69) is 26.1 Å².